The van der Waals surface area contributed by atoms with Crippen molar-refractivity contribution >= 4 is 10.9 Å². The number of aromatic nitrogens is 1. The van der Waals surface area contributed by atoms with Crippen molar-refractivity contribution in [3.8, 4) is 0 Å². The van der Waals surface area contributed by atoms with Crippen molar-refractivity contribution in [1.82, 2.24) is 4.57 Å². The molecule has 2 rings (SSSR count). The molecule has 1 aromatic carbocycles. The average Bonchev–Trinajstić information content (AvgIpc) is 2.63. The van der Waals surface area contributed by atoms with Gasteiger partial charge in [0, 0.05) is 35.8 Å². The highest BCUT2D eigenvalue weighted by Gasteiger charge is 2.17. The van der Waals surface area contributed by atoms with Gasteiger partial charge >= 0.3 is 0 Å². The molecule has 1 atom stereocenters. The Morgan fingerprint density at radius 3 is 2.67 bits per heavy atom. The van der Waals surface area contributed by atoms with E-state index in [2.05, 4.69) is 16.7 Å². The van der Waals surface area contributed by atoms with Crippen molar-refractivity contribution in [1.29, 1.82) is 0 Å². The number of aliphatic hydroxyl groups excluding tert-OH is 2. The molecule has 1 heterocycles. The SMILES string of the molecule is Cc1c(C(O)CCCCO)c2ccccc2n1C. The Morgan fingerprint density at radius 2 is 1.94 bits per heavy atom. The van der Waals surface area contributed by atoms with Crippen LogP contribution < -0.4 is 0 Å². The van der Waals surface area contributed by atoms with E-state index in [4.69, 9.17) is 5.11 Å². The molecule has 3 nitrogen and oxygen atoms in total. The quantitative estimate of drug-likeness (QED) is 0.798. The second-order valence-electron chi connectivity index (χ2n) is 4.81. The van der Waals surface area contributed by atoms with Gasteiger partial charge in [0.05, 0.1) is 6.10 Å². The van der Waals surface area contributed by atoms with Crippen molar-refractivity contribution < 1.29 is 10.2 Å². The molecule has 0 spiro atoms. The van der Waals surface area contributed by atoms with Gasteiger partial charge in [-0.05, 0) is 32.3 Å². The van der Waals surface area contributed by atoms with E-state index < -0.39 is 6.10 Å². The lowest BCUT2D eigenvalue weighted by Gasteiger charge is -2.11. The molecule has 0 saturated carbocycles. The van der Waals surface area contributed by atoms with Crippen molar-refractivity contribution in [2.45, 2.75) is 32.3 Å². The molecule has 0 amide bonds. The number of nitrogens with zero attached hydrogens (tertiary/aromatic N) is 1. The minimum absolute atomic E-state index is 0.196. The topological polar surface area (TPSA) is 45.4 Å². The van der Waals surface area contributed by atoms with Crippen molar-refractivity contribution in [2.24, 2.45) is 7.05 Å². The van der Waals surface area contributed by atoms with Gasteiger partial charge in [0.25, 0.3) is 0 Å². The Bertz CT molecular complexity index is 531. The molecular weight excluding hydrogens is 226 g/mol. The zero-order chi connectivity index (χ0) is 13.1. The lowest BCUT2D eigenvalue weighted by atomic mass is 10.0. The van der Waals surface area contributed by atoms with Crippen LogP contribution in [-0.4, -0.2) is 21.4 Å². The average molecular weight is 247 g/mol. The third-order valence-electron chi connectivity index (χ3n) is 3.67. The van der Waals surface area contributed by atoms with E-state index in [0.29, 0.717) is 6.42 Å². The molecule has 0 radical (unpaired) electrons. The summed E-state index contributed by atoms with van der Waals surface area (Å²) < 4.78 is 2.12. The molecule has 98 valence electrons. The van der Waals surface area contributed by atoms with Crippen LogP contribution in [0.15, 0.2) is 24.3 Å². The van der Waals surface area contributed by atoms with Crippen LogP contribution in [0.1, 0.15) is 36.6 Å². The summed E-state index contributed by atoms with van der Waals surface area (Å²) >= 11 is 0. The maximum Gasteiger partial charge on any atom is 0.0813 e. The van der Waals surface area contributed by atoms with Crippen LogP contribution in [0.4, 0.5) is 0 Å². The summed E-state index contributed by atoms with van der Waals surface area (Å²) in [6, 6.07) is 8.16. The number of unbranched alkanes of at least 4 members (excludes halogenated alkanes) is 1. The number of benzene rings is 1. The smallest absolute Gasteiger partial charge is 0.0813 e. The standard InChI is InChI=1S/C15H21NO2/c1-11-15(14(18)9-5-6-10-17)12-7-3-4-8-13(12)16(11)2/h3-4,7-8,14,17-18H,5-6,9-10H2,1-2H3. The van der Waals surface area contributed by atoms with Crippen LogP contribution >= 0.6 is 0 Å². The Morgan fingerprint density at radius 1 is 1.22 bits per heavy atom. The molecule has 2 N–H and O–H groups in total. The van der Waals surface area contributed by atoms with E-state index in [9.17, 15) is 5.11 Å². The van der Waals surface area contributed by atoms with Gasteiger partial charge < -0.3 is 14.8 Å². The Labute approximate surface area is 108 Å². The zero-order valence-corrected chi connectivity index (χ0v) is 11.1. The van der Waals surface area contributed by atoms with Crippen LogP contribution in [0.25, 0.3) is 10.9 Å². The maximum absolute atomic E-state index is 10.3. The molecule has 18 heavy (non-hydrogen) atoms. The van der Waals surface area contributed by atoms with Crippen LogP contribution in [0.3, 0.4) is 0 Å². The van der Waals surface area contributed by atoms with Gasteiger partial charge in [0.15, 0.2) is 0 Å². The highest BCUT2D eigenvalue weighted by Crippen LogP contribution is 2.32. The summed E-state index contributed by atoms with van der Waals surface area (Å²) in [6.07, 6.45) is 1.86. The van der Waals surface area contributed by atoms with E-state index in [1.165, 1.54) is 0 Å². The van der Waals surface area contributed by atoms with Gasteiger partial charge in [-0.25, -0.2) is 0 Å². The molecule has 0 saturated heterocycles. The molecular formula is C15H21NO2. The fraction of sp³-hybridized carbons (Fsp3) is 0.467. The van der Waals surface area contributed by atoms with Crippen molar-refractivity contribution in [2.75, 3.05) is 6.61 Å². The summed E-state index contributed by atoms with van der Waals surface area (Å²) in [4.78, 5) is 0. The first-order valence-corrected chi connectivity index (χ1v) is 6.49. The van der Waals surface area contributed by atoms with E-state index in [0.717, 1.165) is 35.0 Å². The molecule has 0 aliphatic rings. The third kappa shape index (κ3) is 2.28. The van der Waals surface area contributed by atoms with E-state index in [1.54, 1.807) is 0 Å². The van der Waals surface area contributed by atoms with Gasteiger partial charge in [0.1, 0.15) is 0 Å². The Kier molecular flexibility index (Phi) is 4.04. The van der Waals surface area contributed by atoms with Crippen molar-refractivity contribution in [3.05, 3.63) is 35.5 Å². The van der Waals surface area contributed by atoms with Crippen LogP contribution in [0.2, 0.25) is 0 Å². The van der Waals surface area contributed by atoms with Gasteiger partial charge in [-0.1, -0.05) is 18.2 Å². The molecule has 0 aliphatic carbocycles. The summed E-state index contributed by atoms with van der Waals surface area (Å²) in [5.74, 6) is 0. The lowest BCUT2D eigenvalue weighted by molar-refractivity contribution is 0.160. The van der Waals surface area contributed by atoms with Crippen molar-refractivity contribution in [3.63, 3.8) is 0 Å². The highest BCUT2D eigenvalue weighted by atomic mass is 16.3. The number of hydrogen-bond donors (Lipinski definition) is 2. The van der Waals surface area contributed by atoms with Gasteiger partial charge in [-0.15, -0.1) is 0 Å². The molecule has 3 heteroatoms. The highest BCUT2D eigenvalue weighted by molar-refractivity contribution is 5.85. The second kappa shape index (κ2) is 5.55. The zero-order valence-electron chi connectivity index (χ0n) is 11.1. The van der Waals surface area contributed by atoms with Crippen LogP contribution in [0, 0.1) is 6.92 Å². The molecule has 0 fully saturated rings. The first kappa shape index (κ1) is 13.1. The number of aliphatic hydroxyl groups is 2. The minimum Gasteiger partial charge on any atom is -0.396 e. The number of rotatable bonds is 5. The van der Waals surface area contributed by atoms with Crippen LogP contribution in [-0.2, 0) is 7.05 Å². The fourth-order valence-corrected chi connectivity index (χ4v) is 2.56. The normalized spacial score (nSPS) is 13.1. The van der Waals surface area contributed by atoms with Gasteiger partial charge in [-0.2, -0.15) is 0 Å². The lowest BCUT2D eigenvalue weighted by Crippen LogP contribution is -2.01. The second-order valence-corrected chi connectivity index (χ2v) is 4.81. The van der Waals surface area contributed by atoms with E-state index in [1.807, 2.05) is 26.1 Å². The number of aryl methyl sites for hydroxylation is 1. The summed E-state index contributed by atoms with van der Waals surface area (Å²) in [5.41, 5.74) is 3.31. The summed E-state index contributed by atoms with van der Waals surface area (Å²) in [7, 11) is 2.03. The molecule has 0 aliphatic heterocycles. The molecule has 1 aromatic heterocycles. The Balaban J connectivity index is 2.35. The molecule has 1 unspecified atom stereocenters. The van der Waals surface area contributed by atoms with E-state index in [-0.39, 0.29) is 6.61 Å². The molecule has 2 aromatic rings. The third-order valence-corrected chi connectivity index (χ3v) is 3.67. The number of para-hydroxylation sites is 1. The molecule has 0 bridgehead atoms. The van der Waals surface area contributed by atoms with Gasteiger partial charge in [0.2, 0.25) is 0 Å². The predicted octanol–water partition coefficient (Wildman–Crippen LogP) is 2.68. The van der Waals surface area contributed by atoms with Crippen LogP contribution in [0.5, 0.6) is 0 Å². The maximum atomic E-state index is 10.3. The van der Waals surface area contributed by atoms with Gasteiger partial charge in [-0.3, -0.25) is 0 Å². The monoisotopic (exact) mass is 247 g/mol. The minimum atomic E-state index is -0.442. The van der Waals surface area contributed by atoms with E-state index >= 15 is 0 Å². The fourth-order valence-electron chi connectivity index (χ4n) is 2.56. The predicted molar refractivity (Wildman–Crippen MR) is 73.6 cm³/mol. The number of hydrogen-bond acceptors (Lipinski definition) is 2. The summed E-state index contributed by atoms with van der Waals surface area (Å²) in [5, 5.41) is 20.3. The first-order valence-electron chi connectivity index (χ1n) is 6.49. The first-order chi connectivity index (χ1) is 8.66. The summed E-state index contributed by atoms with van der Waals surface area (Å²) in [6.45, 7) is 2.24. The Hall–Kier alpha value is -1.32. The largest absolute Gasteiger partial charge is 0.396 e. The number of fused-ring (bicyclic) bond motifs is 1.